The van der Waals surface area contributed by atoms with Crippen LogP contribution in [0.25, 0.3) is 4.85 Å². The van der Waals surface area contributed by atoms with Crippen LogP contribution in [0.15, 0.2) is 16.8 Å². The molecule has 0 aliphatic carbocycles. The van der Waals surface area contributed by atoms with Crippen LogP contribution in [0.2, 0.25) is 0 Å². The maximum atomic E-state index is 6.58. The van der Waals surface area contributed by atoms with Gasteiger partial charge in [0.25, 0.3) is 0 Å². The molecule has 0 aromatic carbocycles. The van der Waals surface area contributed by atoms with Gasteiger partial charge in [-0.1, -0.05) is 0 Å². The van der Waals surface area contributed by atoms with Gasteiger partial charge < -0.3 is 4.85 Å². The van der Waals surface area contributed by atoms with E-state index in [0.29, 0.717) is 6.54 Å². The second-order valence-corrected chi connectivity index (χ2v) is 3.25. The van der Waals surface area contributed by atoms with Crippen molar-refractivity contribution in [3.8, 4) is 0 Å². The molecule has 0 atom stereocenters. The van der Waals surface area contributed by atoms with E-state index in [1.165, 1.54) is 5.56 Å². The van der Waals surface area contributed by atoms with Crippen molar-refractivity contribution in [1.82, 2.24) is 0 Å². The molecule has 2 heteroatoms. The van der Waals surface area contributed by atoms with Crippen LogP contribution in [-0.4, -0.2) is 6.54 Å². The molecule has 0 aliphatic rings. The average molecular weight is 165 g/mol. The van der Waals surface area contributed by atoms with Gasteiger partial charge >= 0.3 is 0 Å². The van der Waals surface area contributed by atoms with E-state index < -0.39 is 0 Å². The normalized spacial score (nSPS) is 9.36. The summed E-state index contributed by atoms with van der Waals surface area (Å²) in [5, 5.41) is 4.28. The maximum Gasteiger partial charge on any atom is 0.214 e. The fraction of sp³-hybridized carbons (Fsp3) is 0.444. The van der Waals surface area contributed by atoms with Crippen LogP contribution in [0.5, 0.6) is 0 Å². The molecule has 0 fully saturated rings. The number of aryl methyl sites for hydroxylation is 1. The van der Waals surface area contributed by atoms with Gasteiger partial charge in [-0.25, -0.2) is 6.57 Å². The second-order valence-electron chi connectivity index (χ2n) is 2.47. The highest BCUT2D eigenvalue weighted by atomic mass is 32.1. The van der Waals surface area contributed by atoms with E-state index in [4.69, 9.17) is 6.57 Å². The Balaban J connectivity index is 2.10. The molecule has 1 heterocycles. The fourth-order valence-corrected chi connectivity index (χ4v) is 1.66. The van der Waals surface area contributed by atoms with Crippen molar-refractivity contribution in [1.29, 1.82) is 0 Å². The molecule has 58 valence electrons. The number of thiophene rings is 1. The van der Waals surface area contributed by atoms with Crippen molar-refractivity contribution in [2.45, 2.75) is 19.3 Å². The fourth-order valence-electron chi connectivity index (χ4n) is 0.955. The molecule has 1 aromatic rings. The molecule has 0 radical (unpaired) electrons. The van der Waals surface area contributed by atoms with Crippen molar-refractivity contribution in [3.05, 3.63) is 33.8 Å². The van der Waals surface area contributed by atoms with Gasteiger partial charge in [-0.05, 0) is 35.2 Å². The van der Waals surface area contributed by atoms with Crippen LogP contribution < -0.4 is 0 Å². The summed E-state index contributed by atoms with van der Waals surface area (Å²) >= 11 is 1.74. The molecule has 1 nitrogen and oxygen atoms in total. The van der Waals surface area contributed by atoms with Crippen LogP contribution in [0.3, 0.4) is 0 Å². The molecule has 0 aliphatic heterocycles. The van der Waals surface area contributed by atoms with Gasteiger partial charge in [0, 0.05) is 6.42 Å². The van der Waals surface area contributed by atoms with Gasteiger partial charge in [0.1, 0.15) is 0 Å². The van der Waals surface area contributed by atoms with Crippen LogP contribution in [-0.2, 0) is 6.42 Å². The lowest BCUT2D eigenvalue weighted by molar-refractivity contribution is 0.781. The topological polar surface area (TPSA) is 4.36 Å². The number of unbranched alkanes of at least 4 members (excludes halogenated alkanes) is 1. The lowest BCUT2D eigenvalue weighted by Crippen LogP contribution is -1.83. The highest BCUT2D eigenvalue weighted by Crippen LogP contribution is 2.09. The predicted molar refractivity (Wildman–Crippen MR) is 48.7 cm³/mol. The van der Waals surface area contributed by atoms with Crippen molar-refractivity contribution in [3.63, 3.8) is 0 Å². The monoisotopic (exact) mass is 165 g/mol. The van der Waals surface area contributed by atoms with Crippen LogP contribution in [0.4, 0.5) is 0 Å². The molecule has 0 saturated heterocycles. The van der Waals surface area contributed by atoms with Gasteiger partial charge in [-0.2, -0.15) is 11.3 Å². The van der Waals surface area contributed by atoms with Gasteiger partial charge in [0.15, 0.2) is 0 Å². The van der Waals surface area contributed by atoms with Crippen LogP contribution in [0, 0.1) is 6.57 Å². The Morgan fingerprint density at radius 3 is 3.00 bits per heavy atom. The molecular weight excluding hydrogens is 154 g/mol. The molecule has 0 spiro atoms. The molecule has 11 heavy (non-hydrogen) atoms. The average Bonchev–Trinajstić information content (AvgIpc) is 2.50. The van der Waals surface area contributed by atoms with E-state index in [1.54, 1.807) is 11.3 Å². The Labute approximate surface area is 71.5 Å². The summed E-state index contributed by atoms with van der Waals surface area (Å²) in [5.41, 5.74) is 1.42. The Kier molecular flexibility index (Phi) is 3.71. The highest BCUT2D eigenvalue weighted by Gasteiger charge is 1.93. The van der Waals surface area contributed by atoms with Crippen molar-refractivity contribution < 1.29 is 0 Å². The first-order valence-electron chi connectivity index (χ1n) is 3.78. The summed E-state index contributed by atoms with van der Waals surface area (Å²) in [6.45, 7) is 7.27. The Bertz CT molecular complexity index is 220. The maximum absolute atomic E-state index is 6.58. The minimum Gasteiger partial charge on any atom is -0.317 e. The summed E-state index contributed by atoms with van der Waals surface area (Å²) in [6, 6.07) is 2.16. The Morgan fingerprint density at radius 2 is 2.36 bits per heavy atom. The molecular formula is C9H11NS. The van der Waals surface area contributed by atoms with Crippen molar-refractivity contribution in [2.24, 2.45) is 0 Å². The van der Waals surface area contributed by atoms with E-state index in [0.717, 1.165) is 19.3 Å². The first-order valence-corrected chi connectivity index (χ1v) is 4.72. The first-order chi connectivity index (χ1) is 5.43. The zero-order chi connectivity index (χ0) is 7.94. The lowest BCUT2D eigenvalue weighted by Gasteiger charge is -1.91. The standard InChI is InChI=1S/C9H11NS/c1-10-6-3-2-4-9-5-7-11-8-9/h5,7-8H,2-4,6H2. The smallest absolute Gasteiger partial charge is 0.214 e. The zero-order valence-electron chi connectivity index (χ0n) is 6.42. The number of rotatable bonds is 4. The summed E-state index contributed by atoms with van der Waals surface area (Å²) in [7, 11) is 0. The summed E-state index contributed by atoms with van der Waals surface area (Å²) in [5.74, 6) is 0. The third kappa shape index (κ3) is 3.20. The number of hydrogen-bond donors (Lipinski definition) is 0. The van der Waals surface area contributed by atoms with Gasteiger partial charge in [-0.3, -0.25) is 0 Å². The van der Waals surface area contributed by atoms with Crippen molar-refractivity contribution >= 4 is 11.3 Å². The van der Waals surface area contributed by atoms with Crippen LogP contribution in [0.1, 0.15) is 18.4 Å². The van der Waals surface area contributed by atoms with Crippen LogP contribution >= 0.6 is 11.3 Å². The Morgan fingerprint density at radius 1 is 1.45 bits per heavy atom. The minimum atomic E-state index is 0.685. The SMILES string of the molecule is [C-]#[N+]CCCCc1ccsc1. The summed E-state index contributed by atoms with van der Waals surface area (Å²) in [6.07, 6.45) is 3.33. The Hall–Kier alpha value is -0.810. The van der Waals surface area contributed by atoms with E-state index in [2.05, 4.69) is 21.7 Å². The predicted octanol–water partition coefficient (Wildman–Crippen LogP) is 2.99. The van der Waals surface area contributed by atoms with E-state index in [9.17, 15) is 0 Å². The van der Waals surface area contributed by atoms with E-state index in [-0.39, 0.29) is 0 Å². The highest BCUT2D eigenvalue weighted by molar-refractivity contribution is 7.07. The second kappa shape index (κ2) is 4.92. The molecule has 0 unspecified atom stereocenters. The number of hydrogen-bond acceptors (Lipinski definition) is 1. The molecule has 0 amide bonds. The molecule has 0 N–H and O–H groups in total. The third-order valence-electron chi connectivity index (χ3n) is 1.57. The minimum absolute atomic E-state index is 0.685. The lowest BCUT2D eigenvalue weighted by atomic mass is 10.1. The van der Waals surface area contributed by atoms with Gasteiger partial charge in [0.2, 0.25) is 6.54 Å². The molecule has 1 rings (SSSR count). The largest absolute Gasteiger partial charge is 0.317 e. The third-order valence-corrected chi connectivity index (χ3v) is 2.30. The summed E-state index contributed by atoms with van der Waals surface area (Å²) < 4.78 is 0. The van der Waals surface area contributed by atoms with Gasteiger partial charge in [-0.15, -0.1) is 0 Å². The quantitative estimate of drug-likeness (QED) is 0.477. The molecule has 0 bridgehead atoms. The van der Waals surface area contributed by atoms with E-state index in [1.807, 2.05) is 0 Å². The zero-order valence-corrected chi connectivity index (χ0v) is 7.23. The van der Waals surface area contributed by atoms with E-state index >= 15 is 0 Å². The first kappa shape index (κ1) is 8.29. The molecule has 1 aromatic heterocycles. The summed E-state index contributed by atoms with van der Waals surface area (Å²) in [4.78, 5) is 3.31. The van der Waals surface area contributed by atoms with Crippen molar-refractivity contribution in [2.75, 3.05) is 6.54 Å². The van der Waals surface area contributed by atoms with Gasteiger partial charge in [0.05, 0.1) is 0 Å². The molecule has 0 saturated carbocycles. The number of nitrogens with zero attached hydrogens (tertiary/aromatic N) is 1.